The van der Waals surface area contributed by atoms with Gasteiger partial charge in [0.25, 0.3) is 0 Å². The van der Waals surface area contributed by atoms with Crippen LogP contribution in [0.25, 0.3) is 0 Å². The fourth-order valence-corrected chi connectivity index (χ4v) is 3.32. The molecule has 0 saturated heterocycles. The molecule has 7 nitrogen and oxygen atoms in total. The van der Waals surface area contributed by atoms with Crippen LogP contribution in [0.1, 0.15) is 12.5 Å². The van der Waals surface area contributed by atoms with Crippen LogP contribution in [0, 0.1) is 5.82 Å². The maximum Gasteiger partial charge on any atom is 0.327 e. The molecule has 0 fully saturated rings. The van der Waals surface area contributed by atoms with E-state index < -0.39 is 11.8 Å². The molecule has 3 rings (SSSR count). The van der Waals surface area contributed by atoms with E-state index in [1.807, 2.05) is 6.92 Å². The third kappa shape index (κ3) is 6.06. The van der Waals surface area contributed by atoms with Gasteiger partial charge in [-0.3, -0.25) is 0 Å². The summed E-state index contributed by atoms with van der Waals surface area (Å²) in [5.74, 6) is 0.205. The second-order valence-electron chi connectivity index (χ2n) is 6.92. The van der Waals surface area contributed by atoms with Crippen LogP contribution >= 0.6 is 23.2 Å². The van der Waals surface area contributed by atoms with Crippen molar-refractivity contribution in [3.05, 3.63) is 76.2 Å². The van der Waals surface area contributed by atoms with Crippen LogP contribution in [0.15, 0.2) is 54.7 Å². The summed E-state index contributed by atoms with van der Waals surface area (Å²) in [6.45, 7) is 2.51. The molecule has 0 saturated carbocycles. The number of hydrogen-bond donors (Lipinski definition) is 2. The van der Waals surface area contributed by atoms with Gasteiger partial charge in [0, 0.05) is 32.0 Å². The van der Waals surface area contributed by atoms with Crippen molar-refractivity contribution in [3.8, 4) is 0 Å². The summed E-state index contributed by atoms with van der Waals surface area (Å²) in [6, 6.07) is 11.7. The van der Waals surface area contributed by atoms with Gasteiger partial charge in [0.1, 0.15) is 11.6 Å². The van der Waals surface area contributed by atoms with Gasteiger partial charge in [0.2, 0.25) is 5.95 Å². The summed E-state index contributed by atoms with van der Waals surface area (Å²) in [7, 11) is 1.60. The molecule has 32 heavy (non-hydrogen) atoms. The molecule has 1 heterocycles. The fourth-order valence-electron chi connectivity index (χ4n) is 2.93. The molecule has 1 aromatic heterocycles. The van der Waals surface area contributed by atoms with Crippen molar-refractivity contribution in [2.45, 2.75) is 19.5 Å². The number of methoxy groups -OCH3 is 1. The zero-order valence-corrected chi connectivity index (χ0v) is 19.0. The molecular formula is C22H22Cl2FN5O2. The first-order valence-electron chi connectivity index (χ1n) is 9.74. The first kappa shape index (κ1) is 23.7. The van der Waals surface area contributed by atoms with E-state index in [1.54, 1.807) is 31.4 Å². The van der Waals surface area contributed by atoms with E-state index in [-0.39, 0.29) is 12.6 Å². The monoisotopic (exact) mass is 477 g/mol. The highest BCUT2D eigenvalue weighted by Gasteiger charge is 2.21. The van der Waals surface area contributed by atoms with Crippen LogP contribution in [-0.4, -0.2) is 35.8 Å². The van der Waals surface area contributed by atoms with E-state index in [9.17, 15) is 9.18 Å². The van der Waals surface area contributed by atoms with Crippen molar-refractivity contribution < 1.29 is 13.9 Å². The predicted molar refractivity (Wildman–Crippen MR) is 124 cm³/mol. The van der Waals surface area contributed by atoms with Crippen molar-refractivity contribution in [3.63, 3.8) is 0 Å². The Morgan fingerprint density at radius 3 is 2.66 bits per heavy atom. The van der Waals surface area contributed by atoms with Crippen molar-refractivity contribution in [1.82, 2.24) is 15.3 Å². The van der Waals surface area contributed by atoms with E-state index in [4.69, 9.17) is 27.9 Å². The van der Waals surface area contributed by atoms with E-state index in [2.05, 4.69) is 20.6 Å². The number of nitrogens with zero attached hydrogens (tertiary/aromatic N) is 3. The minimum Gasteiger partial charge on any atom is -0.383 e. The first-order chi connectivity index (χ1) is 15.4. The van der Waals surface area contributed by atoms with E-state index >= 15 is 0 Å². The first-order valence-corrected chi connectivity index (χ1v) is 10.5. The number of carbonyl (C=O) groups is 1. The summed E-state index contributed by atoms with van der Waals surface area (Å²) >= 11 is 12.3. The molecule has 3 aromatic rings. The quantitative estimate of drug-likeness (QED) is 0.452. The highest BCUT2D eigenvalue weighted by atomic mass is 35.5. The molecule has 1 unspecified atom stereocenters. The number of hydrogen-bond acceptors (Lipinski definition) is 5. The Bertz CT molecular complexity index is 1070. The molecule has 0 aliphatic rings. The topological polar surface area (TPSA) is 79.4 Å². The number of aromatic nitrogens is 2. The number of nitrogens with one attached hydrogen (secondary N) is 2. The second-order valence-corrected chi connectivity index (χ2v) is 7.71. The smallest absolute Gasteiger partial charge is 0.327 e. The Kier molecular flexibility index (Phi) is 8.21. The number of ether oxygens (including phenoxy) is 1. The molecule has 0 bridgehead atoms. The van der Waals surface area contributed by atoms with Gasteiger partial charge in [-0.1, -0.05) is 35.3 Å². The normalized spacial score (nSPS) is 11.7. The highest BCUT2D eigenvalue weighted by Crippen LogP contribution is 2.27. The molecule has 10 heteroatoms. The Morgan fingerprint density at radius 1 is 1.19 bits per heavy atom. The minimum absolute atomic E-state index is 0.0479. The Morgan fingerprint density at radius 2 is 1.94 bits per heavy atom. The lowest BCUT2D eigenvalue weighted by atomic mass is 10.2. The van der Waals surface area contributed by atoms with E-state index in [0.717, 1.165) is 0 Å². The van der Waals surface area contributed by atoms with Crippen LogP contribution in [0.3, 0.4) is 0 Å². The summed E-state index contributed by atoms with van der Waals surface area (Å²) in [5.41, 5.74) is 1.08. The lowest BCUT2D eigenvalue weighted by molar-refractivity contribution is 0.190. The third-order valence-electron chi connectivity index (χ3n) is 4.41. The lowest BCUT2D eigenvalue weighted by Gasteiger charge is -2.23. The maximum absolute atomic E-state index is 13.5. The maximum atomic E-state index is 13.5. The lowest BCUT2D eigenvalue weighted by Crippen LogP contribution is -2.37. The molecule has 1 atom stereocenters. The Hall–Kier alpha value is -2.94. The van der Waals surface area contributed by atoms with Crippen molar-refractivity contribution >= 4 is 46.7 Å². The van der Waals surface area contributed by atoms with Crippen molar-refractivity contribution in [2.24, 2.45) is 0 Å². The fraction of sp³-hybridized carbons (Fsp3) is 0.227. The number of anilines is 3. The van der Waals surface area contributed by atoms with Gasteiger partial charge in [0.15, 0.2) is 0 Å². The summed E-state index contributed by atoms with van der Waals surface area (Å²) in [4.78, 5) is 23.1. The Balaban J connectivity index is 1.88. The van der Waals surface area contributed by atoms with Gasteiger partial charge in [-0.15, -0.1) is 0 Å². The number of carbonyl (C=O) groups excluding carboxylic acids is 1. The van der Waals surface area contributed by atoms with Gasteiger partial charge in [0.05, 0.1) is 22.3 Å². The zero-order chi connectivity index (χ0) is 23.1. The average molecular weight is 478 g/mol. The molecular weight excluding hydrogens is 456 g/mol. The standard InChI is InChI=1S/C22H22Cl2FN5O2/c1-14(13-32-2)28-21-26-11-10-19(29-21)30(17-8-6-16(25)7-9-17)22(31)27-12-15-4-3-5-18(23)20(15)24/h3-11,14H,12-13H2,1-2H3,(H,27,31)(H,26,28,29). The van der Waals surface area contributed by atoms with Crippen LogP contribution in [0.2, 0.25) is 10.0 Å². The zero-order valence-electron chi connectivity index (χ0n) is 17.5. The second kappa shape index (κ2) is 11.1. The average Bonchev–Trinajstić information content (AvgIpc) is 2.77. The molecule has 168 valence electrons. The highest BCUT2D eigenvalue weighted by molar-refractivity contribution is 6.42. The van der Waals surface area contributed by atoms with E-state index in [0.29, 0.717) is 39.7 Å². The molecule has 2 N–H and O–H groups in total. The van der Waals surface area contributed by atoms with Crippen LogP contribution in [0.4, 0.5) is 26.6 Å². The summed E-state index contributed by atoms with van der Waals surface area (Å²) in [6.07, 6.45) is 1.53. The Labute approximate surface area is 195 Å². The molecule has 2 amide bonds. The largest absolute Gasteiger partial charge is 0.383 e. The predicted octanol–water partition coefficient (Wildman–Crippen LogP) is 5.42. The summed E-state index contributed by atoms with van der Waals surface area (Å²) < 4.78 is 18.6. The molecule has 0 aliphatic carbocycles. The van der Waals surface area contributed by atoms with Crippen LogP contribution in [-0.2, 0) is 11.3 Å². The van der Waals surface area contributed by atoms with Gasteiger partial charge >= 0.3 is 6.03 Å². The molecule has 0 spiro atoms. The van der Waals surface area contributed by atoms with E-state index in [1.165, 1.54) is 35.4 Å². The number of halogens is 3. The van der Waals surface area contributed by atoms with Gasteiger partial charge in [-0.05, 0) is 42.8 Å². The molecule has 0 aliphatic heterocycles. The van der Waals surface area contributed by atoms with Crippen molar-refractivity contribution in [1.29, 1.82) is 0 Å². The number of benzene rings is 2. The third-order valence-corrected chi connectivity index (χ3v) is 5.27. The number of amides is 2. The summed E-state index contributed by atoms with van der Waals surface area (Å²) in [5, 5.41) is 6.68. The number of urea groups is 1. The SMILES string of the molecule is COCC(C)Nc1nccc(N(C(=O)NCc2cccc(Cl)c2Cl)c2ccc(F)cc2)n1. The van der Waals surface area contributed by atoms with Crippen molar-refractivity contribution in [2.75, 3.05) is 23.9 Å². The number of rotatable bonds is 8. The molecule has 0 radical (unpaired) electrons. The van der Waals surface area contributed by atoms with Crippen LogP contribution < -0.4 is 15.5 Å². The minimum atomic E-state index is -0.484. The van der Waals surface area contributed by atoms with Gasteiger partial charge in [-0.2, -0.15) is 4.98 Å². The van der Waals surface area contributed by atoms with Crippen LogP contribution in [0.5, 0.6) is 0 Å². The van der Waals surface area contributed by atoms with Gasteiger partial charge in [-0.25, -0.2) is 19.1 Å². The molecule has 2 aromatic carbocycles. The van der Waals surface area contributed by atoms with Gasteiger partial charge < -0.3 is 15.4 Å².